The Labute approximate surface area is 141 Å². The predicted octanol–water partition coefficient (Wildman–Crippen LogP) is 2.92. The zero-order valence-corrected chi connectivity index (χ0v) is 14.6. The van der Waals surface area contributed by atoms with Gasteiger partial charge < -0.3 is 9.88 Å². The van der Waals surface area contributed by atoms with Crippen LogP contribution in [0.15, 0.2) is 17.5 Å². The molecule has 3 rings (SSSR count). The first-order chi connectivity index (χ1) is 11.1. The van der Waals surface area contributed by atoms with Crippen LogP contribution >= 0.6 is 11.3 Å². The smallest absolute Gasteiger partial charge is 0.220 e. The van der Waals surface area contributed by atoms with Crippen LogP contribution in [0.5, 0.6) is 0 Å². The van der Waals surface area contributed by atoms with Gasteiger partial charge in [-0.15, -0.1) is 21.5 Å². The van der Waals surface area contributed by atoms with Crippen molar-refractivity contribution in [1.82, 2.24) is 20.1 Å². The van der Waals surface area contributed by atoms with Gasteiger partial charge in [0.05, 0.1) is 0 Å². The molecule has 0 aliphatic carbocycles. The molecule has 0 fully saturated rings. The molecule has 23 heavy (non-hydrogen) atoms. The summed E-state index contributed by atoms with van der Waals surface area (Å²) in [6.07, 6.45) is 4.34. The predicted molar refractivity (Wildman–Crippen MR) is 91.6 cm³/mol. The van der Waals surface area contributed by atoms with Crippen LogP contribution in [0.25, 0.3) is 0 Å². The standard InChI is InChI=1S/C17H24N4OS/c1-12(2)17-20-19-15-9-8-13(11-21(15)17)18-16(22)7-3-5-14-6-4-10-23-14/h4,6,10,12-13H,3,5,7-9,11H2,1-2H3,(H,18,22)/t13-/m0/s1. The fraction of sp³-hybridized carbons (Fsp3) is 0.588. The maximum atomic E-state index is 12.2. The maximum absolute atomic E-state index is 12.2. The fourth-order valence-corrected chi connectivity index (χ4v) is 3.82. The van der Waals surface area contributed by atoms with Crippen molar-refractivity contribution in [3.05, 3.63) is 34.0 Å². The van der Waals surface area contributed by atoms with Crippen LogP contribution in [0.1, 0.15) is 55.6 Å². The van der Waals surface area contributed by atoms with Crippen molar-refractivity contribution < 1.29 is 4.79 Å². The molecule has 1 atom stereocenters. The number of aryl methyl sites for hydroxylation is 2. The molecule has 1 N–H and O–H groups in total. The van der Waals surface area contributed by atoms with E-state index >= 15 is 0 Å². The van der Waals surface area contributed by atoms with Gasteiger partial charge in [-0.3, -0.25) is 4.79 Å². The lowest BCUT2D eigenvalue weighted by Gasteiger charge is -2.26. The first-order valence-corrected chi connectivity index (χ1v) is 9.25. The molecule has 1 amide bonds. The van der Waals surface area contributed by atoms with Gasteiger partial charge in [0.25, 0.3) is 0 Å². The van der Waals surface area contributed by atoms with Crippen molar-refractivity contribution >= 4 is 17.2 Å². The summed E-state index contributed by atoms with van der Waals surface area (Å²) in [6, 6.07) is 4.39. The van der Waals surface area contributed by atoms with Crippen LogP contribution in [-0.4, -0.2) is 26.7 Å². The Hall–Kier alpha value is -1.69. The zero-order valence-electron chi connectivity index (χ0n) is 13.8. The molecule has 0 unspecified atom stereocenters. The van der Waals surface area contributed by atoms with E-state index in [1.807, 2.05) is 0 Å². The Balaban J connectivity index is 1.48. The van der Waals surface area contributed by atoms with Crippen molar-refractivity contribution in [3.8, 4) is 0 Å². The van der Waals surface area contributed by atoms with Crippen LogP contribution < -0.4 is 5.32 Å². The van der Waals surface area contributed by atoms with Gasteiger partial charge in [0.15, 0.2) is 0 Å². The van der Waals surface area contributed by atoms with E-state index in [0.717, 1.165) is 43.9 Å². The Bertz CT molecular complexity index is 648. The third-order valence-electron chi connectivity index (χ3n) is 4.26. The minimum Gasteiger partial charge on any atom is -0.352 e. The summed E-state index contributed by atoms with van der Waals surface area (Å²) in [5.41, 5.74) is 0. The Morgan fingerprint density at radius 3 is 3.09 bits per heavy atom. The summed E-state index contributed by atoms with van der Waals surface area (Å²) in [7, 11) is 0. The van der Waals surface area contributed by atoms with Gasteiger partial charge in [0.1, 0.15) is 11.6 Å². The topological polar surface area (TPSA) is 59.8 Å². The lowest BCUT2D eigenvalue weighted by atomic mass is 10.1. The van der Waals surface area contributed by atoms with Crippen molar-refractivity contribution in [2.45, 2.75) is 64.5 Å². The number of thiophene rings is 1. The zero-order chi connectivity index (χ0) is 16.2. The van der Waals surface area contributed by atoms with E-state index in [4.69, 9.17) is 0 Å². The van der Waals surface area contributed by atoms with Gasteiger partial charge in [-0.25, -0.2) is 0 Å². The van der Waals surface area contributed by atoms with E-state index < -0.39 is 0 Å². The highest BCUT2D eigenvalue weighted by Crippen LogP contribution is 2.20. The van der Waals surface area contributed by atoms with E-state index in [2.05, 4.69) is 51.4 Å². The van der Waals surface area contributed by atoms with E-state index in [0.29, 0.717) is 12.3 Å². The average molecular weight is 332 g/mol. The van der Waals surface area contributed by atoms with Crippen LogP contribution in [-0.2, 0) is 24.2 Å². The minimum atomic E-state index is 0.161. The molecule has 0 saturated heterocycles. The third-order valence-corrected chi connectivity index (χ3v) is 5.20. The quantitative estimate of drug-likeness (QED) is 0.885. The second-order valence-electron chi connectivity index (χ2n) is 6.48. The number of rotatable bonds is 6. The second-order valence-corrected chi connectivity index (χ2v) is 7.51. The number of fused-ring (bicyclic) bond motifs is 1. The molecule has 0 aromatic carbocycles. The maximum Gasteiger partial charge on any atom is 0.220 e. The summed E-state index contributed by atoms with van der Waals surface area (Å²) < 4.78 is 2.19. The molecular formula is C17H24N4OS. The van der Waals surface area contributed by atoms with Crippen LogP contribution in [0.4, 0.5) is 0 Å². The normalized spacial score (nSPS) is 17.3. The number of hydrogen-bond donors (Lipinski definition) is 1. The highest BCUT2D eigenvalue weighted by atomic mass is 32.1. The molecule has 2 aromatic heterocycles. The molecule has 6 heteroatoms. The monoisotopic (exact) mass is 332 g/mol. The average Bonchev–Trinajstić information content (AvgIpc) is 3.15. The molecule has 0 saturated carbocycles. The summed E-state index contributed by atoms with van der Waals surface area (Å²) in [4.78, 5) is 13.5. The van der Waals surface area contributed by atoms with Gasteiger partial charge in [0.2, 0.25) is 5.91 Å². The van der Waals surface area contributed by atoms with Gasteiger partial charge in [-0.1, -0.05) is 19.9 Å². The third kappa shape index (κ3) is 3.99. The molecule has 5 nitrogen and oxygen atoms in total. The summed E-state index contributed by atoms with van der Waals surface area (Å²) in [5, 5.41) is 13.8. The van der Waals surface area contributed by atoms with Gasteiger partial charge >= 0.3 is 0 Å². The molecule has 124 valence electrons. The number of hydrogen-bond acceptors (Lipinski definition) is 4. The first-order valence-electron chi connectivity index (χ1n) is 8.37. The van der Waals surface area contributed by atoms with E-state index in [1.165, 1.54) is 4.88 Å². The number of nitrogens with zero attached hydrogens (tertiary/aromatic N) is 3. The largest absolute Gasteiger partial charge is 0.352 e. The number of aromatic nitrogens is 3. The number of nitrogens with one attached hydrogen (secondary N) is 1. The number of carbonyl (C=O) groups excluding carboxylic acids is 1. The van der Waals surface area contributed by atoms with Crippen molar-refractivity contribution in [2.75, 3.05) is 0 Å². The molecular weight excluding hydrogens is 308 g/mol. The molecule has 1 aliphatic heterocycles. The van der Waals surface area contributed by atoms with Crippen molar-refractivity contribution in [3.63, 3.8) is 0 Å². The van der Waals surface area contributed by atoms with Crippen LogP contribution in [0.2, 0.25) is 0 Å². The summed E-state index contributed by atoms with van der Waals surface area (Å²) >= 11 is 1.76. The lowest BCUT2D eigenvalue weighted by Crippen LogP contribution is -2.41. The van der Waals surface area contributed by atoms with Crippen molar-refractivity contribution in [1.29, 1.82) is 0 Å². The molecule has 0 radical (unpaired) electrons. The highest BCUT2D eigenvalue weighted by molar-refractivity contribution is 7.09. The number of amides is 1. The van der Waals surface area contributed by atoms with Crippen LogP contribution in [0, 0.1) is 0 Å². The highest BCUT2D eigenvalue weighted by Gasteiger charge is 2.24. The molecule has 3 heterocycles. The van der Waals surface area contributed by atoms with Gasteiger partial charge in [0, 0.05) is 36.2 Å². The van der Waals surface area contributed by atoms with E-state index in [9.17, 15) is 4.79 Å². The second kappa shape index (κ2) is 7.25. The van der Waals surface area contributed by atoms with Gasteiger partial charge in [-0.05, 0) is 30.7 Å². The van der Waals surface area contributed by atoms with Gasteiger partial charge in [-0.2, -0.15) is 0 Å². The van der Waals surface area contributed by atoms with E-state index in [-0.39, 0.29) is 11.9 Å². The first kappa shape index (κ1) is 16.2. The number of carbonyl (C=O) groups is 1. The Morgan fingerprint density at radius 1 is 1.48 bits per heavy atom. The summed E-state index contributed by atoms with van der Waals surface area (Å²) in [5.74, 6) is 2.60. The minimum absolute atomic E-state index is 0.161. The van der Waals surface area contributed by atoms with E-state index in [1.54, 1.807) is 11.3 Å². The summed E-state index contributed by atoms with van der Waals surface area (Å²) in [6.45, 7) is 5.06. The fourth-order valence-electron chi connectivity index (χ4n) is 3.07. The Kier molecular flexibility index (Phi) is 5.10. The molecule has 0 bridgehead atoms. The SMILES string of the molecule is CC(C)c1nnc2n1C[C@@H](NC(=O)CCCc1cccs1)CC2. The lowest BCUT2D eigenvalue weighted by molar-refractivity contribution is -0.122. The van der Waals surface area contributed by atoms with Crippen LogP contribution in [0.3, 0.4) is 0 Å². The van der Waals surface area contributed by atoms with Crippen molar-refractivity contribution in [2.24, 2.45) is 0 Å². The molecule has 2 aromatic rings. The molecule has 1 aliphatic rings. The Morgan fingerprint density at radius 2 is 2.35 bits per heavy atom. The molecule has 0 spiro atoms.